The summed E-state index contributed by atoms with van der Waals surface area (Å²) in [6, 6.07) is 22.9. The predicted molar refractivity (Wildman–Crippen MR) is 111 cm³/mol. The molecule has 2 nitrogen and oxygen atoms in total. The number of hydrogen-bond donors (Lipinski definition) is 0. The first kappa shape index (κ1) is 13.7. The Hall–Kier alpha value is -2.53. The van der Waals surface area contributed by atoms with Gasteiger partial charge in [0.1, 0.15) is 22.3 Å². The summed E-state index contributed by atoms with van der Waals surface area (Å²) in [5.41, 5.74) is 3.71. The van der Waals surface area contributed by atoms with Gasteiger partial charge in [0, 0.05) is 26.9 Å². The van der Waals surface area contributed by atoms with Gasteiger partial charge in [-0.3, -0.25) is 0 Å². The molecule has 0 unspecified atom stereocenters. The topological polar surface area (TPSA) is 26.3 Å². The lowest BCUT2D eigenvalue weighted by Crippen LogP contribution is -1.80. The first-order valence-electron chi connectivity index (χ1n) is 8.15. The van der Waals surface area contributed by atoms with E-state index in [9.17, 15) is 0 Å². The number of fused-ring (bicyclic) bond motifs is 9. The Labute approximate surface area is 156 Å². The van der Waals surface area contributed by atoms with Crippen LogP contribution >= 0.6 is 22.6 Å². The number of rotatable bonds is 0. The Balaban J connectivity index is 2.04. The molecule has 0 aliphatic heterocycles. The first-order valence-corrected chi connectivity index (χ1v) is 9.23. The molecule has 118 valence electrons. The molecule has 4 aromatic carbocycles. The monoisotopic (exact) mass is 434 g/mol. The van der Waals surface area contributed by atoms with Gasteiger partial charge in [-0.1, -0.05) is 42.5 Å². The molecule has 0 amide bonds. The van der Waals surface area contributed by atoms with Crippen LogP contribution in [0, 0.1) is 3.57 Å². The van der Waals surface area contributed by atoms with Crippen molar-refractivity contribution >= 4 is 77.2 Å². The van der Waals surface area contributed by atoms with Gasteiger partial charge in [0.15, 0.2) is 0 Å². The second-order valence-electron chi connectivity index (χ2n) is 6.30. The quantitative estimate of drug-likeness (QED) is 0.236. The minimum Gasteiger partial charge on any atom is -0.456 e. The lowest BCUT2D eigenvalue weighted by Gasteiger charge is -2.04. The molecule has 0 atom stereocenters. The van der Waals surface area contributed by atoms with Crippen LogP contribution in [0.3, 0.4) is 0 Å². The smallest absolute Gasteiger partial charge is 0.149 e. The van der Waals surface area contributed by atoms with E-state index >= 15 is 0 Å². The van der Waals surface area contributed by atoms with Crippen molar-refractivity contribution in [2.45, 2.75) is 0 Å². The lowest BCUT2D eigenvalue weighted by atomic mass is 9.99. The zero-order chi connectivity index (χ0) is 16.5. The van der Waals surface area contributed by atoms with Crippen molar-refractivity contribution in [2.24, 2.45) is 0 Å². The highest BCUT2D eigenvalue weighted by Crippen LogP contribution is 2.43. The average Bonchev–Trinajstić information content (AvgIpc) is 3.20. The average molecular weight is 434 g/mol. The third-order valence-corrected chi connectivity index (χ3v) is 5.72. The molecule has 0 aliphatic rings. The fourth-order valence-corrected chi connectivity index (χ4v) is 4.60. The van der Waals surface area contributed by atoms with Crippen molar-refractivity contribution in [2.75, 3.05) is 0 Å². The first-order chi connectivity index (χ1) is 12.3. The molecule has 6 aromatic rings. The minimum absolute atomic E-state index is 0.918. The Morgan fingerprint density at radius 1 is 0.600 bits per heavy atom. The van der Waals surface area contributed by atoms with Crippen LogP contribution in [0.4, 0.5) is 0 Å². The maximum absolute atomic E-state index is 6.19. The summed E-state index contributed by atoms with van der Waals surface area (Å²) in [5.74, 6) is 0. The predicted octanol–water partition coefficient (Wildman–Crippen LogP) is 7.24. The molecule has 0 N–H and O–H groups in total. The molecule has 2 heterocycles. The van der Waals surface area contributed by atoms with E-state index in [1.807, 2.05) is 24.3 Å². The van der Waals surface area contributed by atoms with Gasteiger partial charge in [0.25, 0.3) is 0 Å². The summed E-state index contributed by atoms with van der Waals surface area (Å²) >= 11 is 2.36. The third-order valence-electron chi connectivity index (χ3n) is 4.92. The SMILES string of the molecule is Ic1cc2ccc3oc4ccccc4c3c2c2c1oc1ccccc12. The second-order valence-corrected chi connectivity index (χ2v) is 7.46. The van der Waals surface area contributed by atoms with Gasteiger partial charge in [-0.25, -0.2) is 0 Å². The standard InChI is InChI=1S/C22H11IO2/c23-15-11-12-9-10-18-20(13-5-1-3-7-16(13)24-18)19(12)21-14-6-2-4-8-17(14)25-22(15)21/h1-11H. The molecule has 2 aromatic heterocycles. The van der Waals surface area contributed by atoms with E-state index in [0.29, 0.717) is 0 Å². The fourth-order valence-electron chi connectivity index (χ4n) is 3.89. The fraction of sp³-hybridized carbons (Fsp3) is 0. The van der Waals surface area contributed by atoms with E-state index in [1.165, 1.54) is 21.5 Å². The molecular weight excluding hydrogens is 423 g/mol. The van der Waals surface area contributed by atoms with E-state index in [1.54, 1.807) is 0 Å². The van der Waals surface area contributed by atoms with E-state index in [-0.39, 0.29) is 0 Å². The van der Waals surface area contributed by atoms with Crippen LogP contribution in [0.5, 0.6) is 0 Å². The van der Waals surface area contributed by atoms with Crippen LogP contribution in [0.25, 0.3) is 54.6 Å². The molecule has 3 heteroatoms. The molecule has 0 bridgehead atoms. The maximum atomic E-state index is 6.19. The molecule has 0 spiro atoms. The third kappa shape index (κ3) is 1.74. The summed E-state index contributed by atoms with van der Waals surface area (Å²) in [5, 5.41) is 7.07. The van der Waals surface area contributed by atoms with Gasteiger partial charge < -0.3 is 8.83 Å². The van der Waals surface area contributed by atoms with E-state index in [0.717, 1.165) is 36.7 Å². The summed E-state index contributed by atoms with van der Waals surface area (Å²) in [7, 11) is 0. The van der Waals surface area contributed by atoms with Crippen molar-refractivity contribution in [3.8, 4) is 0 Å². The summed E-state index contributed by atoms with van der Waals surface area (Å²) in [4.78, 5) is 0. The number of para-hydroxylation sites is 2. The van der Waals surface area contributed by atoms with E-state index in [2.05, 4.69) is 65.1 Å². The molecule has 0 fully saturated rings. The van der Waals surface area contributed by atoms with E-state index in [4.69, 9.17) is 8.83 Å². The Morgan fingerprint density at radius 2 is 1.28 bits per heavy atom. The van der Waals surface area contributed by atoms with Crippen LogP contribution in [0.15, 0.2) is 75.6 Å². The highest BCUT2D eigenvalue weighted by atomic mass is 127. The second kappa shape index (κ2) is 4.76. The van der Waals surface area contributed by atoms with Crippen LogP contribution in [-0.2, 0) is 0 Å². The normalized spacial score (nSPS) is 12.2. The number of benzene rings is 4. The number of halogens is 1. The lowest BCUT2D eigenvalue weighted by molar-refractivity contribution is 0.667. The van der Waals surface area contributed by atoms with Crippen LogP contribution in [0.2, 0.25) is 0 Å². The molecule has 0 aliphatic carbocycles. The minimum atomic E-state index is 0.918. The molecular formula is C22H11IO2. The van der Waals surface area contributed by atoms with Gasteiger partial charge in [-0.15, -0.1) is 0 Å². The van der Waals surface area contributed by atoms with Crippen molar-refractivity contribution in [1.82, 2.24) is 0 Å². The Morgan fingerprint density at radius 3 is 2.08 bits per heavy atom. The van der Waals surface area contributed by atoms with Crippen molar-refractivity contribution < 1.29 is 8.83 Å². The zero-order valence-electron chi connectivity index (χ0n) is 13.0. The maximum Gasteiger partial charge on any atom is 0.149 e. The number of furan rings is 2. The van der Waals surface area contributed by atoms with Crippen molar-refractivity contribution in [3.63, 3.8) is 0 Å². The summed E-state index contributed by atoms with van der Waals surface area (Å²) in [6.07, 6.45) is 0. The van der Waals surface area contributed by atoms with Crippen LogP contribution in [-0.4, -0.2) is 0 Å². The van der Waals surface area contributed by atoms with Crippen LogP contribution < -0.4 is 0 Å². The zero-order valence-corrected chi connectivity index (χ0v) is 15.2. The molecule has 0 saturated carbocycles. The molecule has 6 rings (SSSR count). The van der Waals surface area contributed by atoms with Gasteiger partial charge in [0.2, 0.25) is 0 Å². The van der Waals surface area contributed by atoms with Crippen molar-refractivity contribution in [3.05, 3.63) is 70.3 Å². The van der Waals surface area contributed by atoms with Gasteiger partial charge in [-0.2, -0.15) is 0 Å². The van der Waals surface area contributed by atoms with E-state index < -0.39 is 0 Å². The Kier molecular flexibility index (Phi) is 2.61. The highest BCUT2D eigenvalue weighted by molar-refractivity contribution is 14.1. The van der Waals surface area contributed by atoms with Gasteiger partial charge in [0.05, 0.1) is 3.57 Å². The van der Waals surface area contributed by atoms with Crippen molar-refractivity contribution in [1.29, 1.82) is 0 Å². The number of hydrogen-bond acceptors (Lipinski definition) is 2. The molecule has 0 saturated heterocycles. The van der Waals surface area contributed by atoms with Crippen LogP contribution in [0.1, 0.15) is 0 Å². The van der Waals surface area contributed by atoms with Gasteiger partial charge >= 0.3 is 0 Å². The molecule has 0 radical (unpaired) electrons. The van der Waals surface area contributed by atoms with Gasteiger partial charge in [-0.05, 0) is 52.2 Å². The summed E-state index contributed by atoms with van der Waals surface area (Å²) < 4.78 is 13.4. The Bertz CT molecular complexity index is 1450. The largest absolute Gasteiger partial charge is 0.456 e. The molecule has 25 heavy (non-hydrogen) atoms. The highest BCUT2D eigenvalue weighted by Gasteiger charge is 2.18. The summed E-state index contributed by atoms with van der Waals surface area (Å²) in [6.45, 7) is 0.